The fourth-order valence-corrected chi connectivity index (χ4v) is 3.96. The van der Waals surface area contributed by atoms with Crippen LogP contribution < -0.4 is 9.47 Å². The molecule has 2 unspecified atom stereocenters. The number of fused-ring (bicyclic) bond motifs is 1. The molecule has 10 nitrogen and oxygen atoms in total. The van der Waals surface area contributed by atoms with Crippen LogP contribution in [0.2, 0.25) is 0 Å². The minimum Gasteiger partial charge on any atom is -0.465 e. The Labute approximate surface area is 179 Å². The van der Waals surface area contributed by atoms with Crippen LogP contribution in [0.15, 0.2) is 18.2 Å². The zero-order valence-corrected chi connectivity index (χ0v) is 17.4. The van der Waals surface area contributed by atoms with Gasteiger partial charge in [-0.2, -0.15) is 0 Å². The summed E-state index contributed by atoms with van der Waals surface area (Å²) in [4.78, 5) is 50.3. The van der Waals surface area contributed by atoms with Crippen molar-refractivity contribution in [3.05, 3.63) is 33.9 Å². The molecule has 2 heterocycles. The molecule has 31 heavy (non-hydrogen) atoms. The summed E-state index contributed by atoms with van der Waals surface area (Å²) in [5.41, 5.74) is 0.418. The summed E-state index contributed by atoms with van der Waals surface area (Å²) in [6.45, 7) is 1.80. The Balaban J connectivity index is 1.85. The Bertz CT molecular complexity index is 856. The third-order valence-electron chi connectivity index (χ3n) is 5.51. The molecule has 2 aliphatic heterocycles. The summed E-state index contributed by atoms with van der Waals surface area (Å²) in [5.74, 6) is -2.81. The monoisotopic (exact) mass is 434 g/mol. The van der Waals surface area contributed by atoms with Crippen molar-refractivity contribution in [3.63, 3.8) is 0 Å². The van der Waals surface area contributed by atoms with E-state index in [4.69, 9.17) is 14.2 Å². The number of nitro groups is 1. The van der Waals surface area contributed by atoms with Gasteiger partial charge in [-0.25, -0.2) is 0 Å². The van der Waals surface area contributed by atoms with Crippen molar-refractivity contribution in [1.82, 2.24) is 4.90 Å². The molecule has 1 fully saturated rings. The number of esters is 1. The second kappa shape index (κ2) is 10.2. The van der Waals surface area contributed by atoms with Crippen LogP contribution in [0.1, 0.15) is 44.1 Å². The van der Waals surface area contributed by atoms with E-state index in [0.717, 1.165) is 12.8 Å². The molecule has 3 rings (SSSR count). The van der Waals surface area contributed by atoms with Crippen molar-refractivity contribution >= 4 is 17.7 Å². The molecule has 0 aliphatic carbocycles. The molecule has 10 heteroatoms. The molecule has 2 atom stereocenters. The number of benzene rings is 1. The second-order valence-corrected chi connectivity index (χ2v) is 7.52. The number of nitrogens with zero attached hydrogens (tertiary/aromatic N) is 2. The Morgan fingerprint density at radius 1 is 1.26 bits per heavy atom. The number of hydrogen-bond donors (Lipinski definition) is 0. The highest BCUT2D eigenvalue weighted by molar-refractivity contribution is 6.00. The van der Waals surface area contributed by atoms with Crippen molar-refractivity contribution in [3.8, 4) is 11.5 Å². The first-order valence-electron chi connectivity index (χ1n) is 10.4. The average molecular weight is 434 g/mol. The molecular formula is C21H26N2O8. The largest absolute Gasteiger partial charge is 0.465 e. The van der Waals surface area contributed by atoms with Gasteiger partial charge in [0.1, 0.15) is 11.7 Å². The normalized spacial score (nSPS) is 17.2. The predicted molar refractivity (Wildman–Crippen MR) is 107 cm³/mol. The number of amides is 1. The Kier molecular flexibility index (Phi) is 7.43. The molecule has 0 aromatic heterocycles. The Hall–Kier alpha value is -3.17. The van der Waals surface area contributed by atoms with E-state index in [1.165, 1.54) is 0 Å². The summed E-state index contributed by atoms with van der Waals surface area (Å²) in [6.07, 6.45) is 2.05. The van der Waals surface area contributed by atoms with E-state index >= 15 is 0 Å². The molecule has 0 bridgehead atoms. The molecule has 1 saturated heterocycles. The van der Waals surface area contributed by atoms with E-state index in [1.807, 2.05) is 0 Å². The molecule has 0 spiro atoms. The Morgan fingerprint density at radius 2 is 2.03 bits per heavy atom. The van der Waals surface area contributed by atoms with Gasteiger partial charge >= 0.3 is 5.97 Å². The van der Waals surface area contributed by atoms with E-state index in [-0.39, 0.29) is 32.3 Å². The highest BCUT2D eigenvalue weighted by atomic mass is 16.7. The van der Waals surface area contributed by atoms with Crippen molar-refractivity contribution < 1.29 is 33.5 Å². The first-order valence-corrected chi connectivity index (χ1v) is 10.4. The van der Waals surface area contributed by atoms with Crippen molar-refractivity contribution in [2.75, 3.05) is 33.0 Å². The fraction of sp³-hybridized carbons (Fsp3) is 0.571. The van der Waals surface area contributed by atoms with Crippen LogP contribution in [0, 0.1) is 16.0 Å². The van der Waals surface area contributed by atoms with Crippen LogP contribution >= 0.6 is 0 Å². The van der Waals surface area contributed by atoms with Crippen LogP contribution in [0.3, 0.4) is 0 Å². The van der Waals surface area contributed by atoms with Gasteiger partial charge in [0, 0.05) is 30.9 Å². The zero-order chi connectivity index (χ0) is 22.4. The number of ketones is 1. The van der Waals surface area contributed by atoms with E-state index < -0.39 is 35.1 Å². The molecule has 1 aromatic carbocycles. The van der Waals surface area contributed by atoms with Crippen LogP contribution in [-0.4, -0.2) is 60.5 Å². The third-order valence-corrected chi connectivity index (χ3v) is 5.51. The highest BCUT2D eigenvalue weighted by Gasteiger charge is 2.40. The molecule has 168 valence electrons. The fourth-order valence-electron chi connectivity index (χ4n) is 3.96. The van der Waals surface area contributed by atoms with Crippen LogP contribution in [-0.2, 0) is 19.1 Å². The lowest BCUT2D eigenvalue weighted by Gasteiger charge is -2.28. The van der Waals surface area contributed by atoms with E-state index in [9.17, 15) is 24.5 Å². The van der Waals surface area contributed by atoms with Gasteiger partial charge in [0.05, 0.1) is 12.5 Å². The number of hydrogen-bond acceptors (Lipinski definition) is 8. The molecular weight excluding hydrogens is 408 g/mol. The van der Waals surface area contributed by atoms with Crippen LogP contribution in [0.25, 0.3) is 0 Å². The number of ether oxygens (including phenoxy) is 3. The second-order valence-electron chi connectivity index (χ2n) is 7.52. The van der Waals surface area contributed by atoms with Gasteiger partial charge < -0.3 is 19.1 Å². The molecule has 1 amide bonds. The lowest BCUT2D eigenvalue weighted by Crippen LogP contribution is -2.40. The number of carbonyl (C=O) groups is 3. The molecule has 0 radical (unpaired) electrons. The van der Waals surface area contributed by atoms with Gasteiger partial charge in [0.25, 0.3) is 0 Å². The van der Waals surface area contributed by atoms with Gasteiger partial charge in [-0.05, 0) is 37.5 Å². The molecule has 0 saturated carbocycles. The molecule has 0 N–H and O–H groups in total. The third kappa shape index (κ3) is 5.50. The minimum absolute atomic E-state index is 0.0238. The van der Waals surface area contributed by atoms with Gasteiger partial charge in [-0.15, -0.1) is 0 Å². The summed E-state index contributed by atoms with van der Waals surface area (Å²) >= 11 is 0. The lowest BCUT2D eigenvalue weighted by molar-refractivity contribution is -0.484. The summed E-state index contributed by atoms with van der Waals surface area (Å²) < 4.78 is 15.7. The average Bonchev–Trinajstić information content (AvgIpc) is 3.20. The topological polar surface area (TPSA) is 125 Å². The number of Topliss-reactive ketones (excluding diaryl/α,β-unsaturated/α-hetero) is 1. The zero-order valence-electron chi connectivity index (χ0n) is 17.4. The van der Waals surface area contributed by atoms with Crippen molar-refractivity contribution in [2.45, 2.75) is 38.5 Å². The lowest BCUT2D eigenvalue weighted by atomic mass is 9.82. The van der Waals surface area contributed by atoms with E-state index in [0.29, 0.717) is 30.0 Å². The number of likely N-dealkylation sites (tertiary alicyclic amines) is 1. The van der Waals surface area contributed by atoms with E-state index in [2.05, 4.69) is 0 Å². The number of rotatable bonds is 10. The maximum atomic E-state index is 13.1. The summed E-state index contributed by atoms with van der Waals surface area (Å²) in [5, 5.41) is 11.4. The number of piperidine rings is 1. The SMILES string of the molecule is CCOC(=O)C(C(=O)CCN1CCCCC1=O)C(C[N+](=O)[O-])c1ccc2c(c1)OCO2. The molecule has 1 aromatic rings. The standard InChI is InChI=1S/C21H26N2O8/c1-2-29-21(26)20(16(24)8-10-22-9-4-3-5-19(22)25)15(12-23(27)28)14-6-7-17-18(11-14)31-13-30-17/h6-7,11,15,20H,2-5,8-10,12-13H2,1H3. The summed E-state index contributed by atoms with van der Waals surface area (Å²) in [7, 11) is 0. The van der Waals surface area contributed by atoms with E-state index in [1.54, 1.807) is 30.0 Å². The van der Waals surface area contributed by atoms with Crippen molar-refractivity contribution in [1.29, 1.82) is 0 Å². The quantitative estimate of drug-likeness (QED) is 0.237. The van der Waals surface area contributed by atoms with Gasteiger partial charge in [0.2, 0.25) is 19.2 Å². The van der Waals surface area contributed by atoms with Crippen molar-refractivity contribution in [2.24, 2.45) is 5.92 Å². The van der Waals surface area contributed by atoms with Gasteiger partial charge in [0.15, 0.2) is 11.5 Å². The predicted octanol–water partition coefficient (Wildman–Crippen LogP) is 1.93. The smallest absolute Gasteiger partial charge is 0.317 e. The Morgan fingerprint density at radius 3 is 2.74 bits per heavy atom. The first-order chi connectivity index (χ1) is 14.9. The number of carbonyl (C=O) groups excluding carboxylic acids is 3. The minimum atomic E-state index is -1.36. The summed E-state index contributed by atoms with van der Waals surface area (Å²) in [6, 6.07) is 4.75. The van der Waals surface area contributed by atoms with Crippen LogP contribution in [0.5, 0.6) is 11.5 Å². The van der Waals surface area contributed by atoms with Gasteiger partial charge in [-0.1, -0.05) is 6.07 Å². The van der Waals surface area contributed by atoms with Crippen LogP contribution in [0.4, 0.5) is 0 Å². The molecule has 2 aliphatic rings. The van der Waals surface area contributed by atoms with Gasteiger partial charge in [-0.3, -0.25) is 24.5 Å². The highest BCUT2D eigenvalue weighted by Crippen LogP contribution is 2.37. The maximum Gasteiger partial charge on any atom is 0.317 e. The maximum absolute atomic E-state index is 13.1. The first kappa shape index (κ1) is 22.5.